The third-order valence-corrected chi connectivity index (χ3v) is 4.54. The lowest BCUT2D eigenvalue weighted by Gasteiger charge is -2.34. The number of aliphatic carboxylic acids is 1. The van der Waals surface area contributed by atoms with Crippen LogP contribution in [0.4, 0.5) is 0 Å². The summed E-state index contributed by atoms with van der Waals surface area (Å²) in [7, 11) is 0. The van der Waals surface area contributed by atoms with Crippen molar-refractivity contribution in [2.75, 3.05) is 6.54 Å². The SMILES string of the molecule is CC1(C)C(=O)C(C(=O)NCC(=O)O)C(=O)c2cc(Cl)c(Cl)cc21. The van der Waals surface area contributed by atoms with E-state index >= 15 is 0 Å². The molecule has 0 fully saturated rings. The van der Waals surface area contributed by atoms with Gasteiger partial charge in [-0.05, 0) is 31.5 Å². The van der Waals surface area contributed by atoms with E-state index in [0.29, 0.717) is 5.56 Å². The summed E-state index contributed by atoms with van der Waals surface area (Å²) in [6.07, 6.45) is 0. The fourth-order valence-electron chi connectivity index (χ4n) is 2.54. The molecule has 1 aliphatic rings. The first-order valence-electron chi connectivity index (χ1n) is 6.65. The first-order valence-corrected chi connectivity index (χ1v) is 7.40. The third kappa shape index (κ3) is 2.96. The number of nitrogens with one attached hydrogen (secondary N) is 1. The van der Waals surface area contributed by atoms with E-state index in [4.69, 9.17) is 28.3 Å². The molecular formula is C15H13Cl2NO5. The van der Waals surface area contributed by atoms with E-state index in [1.165, 1.54) is 12.1 Å². The van der Waals surface area contributed by atoms with Gasteiger partial charge in [-0.2, -0.15) is 0 Å². The van der Waals surface area contributed by atoms with Crippen LogP contribution < -0.4 is 5.32 Å². The van der Waals surface area contributed by atoms with Gasteiger partial charge in [0, 0.05) is 5.56 Å². The Balaban J connectivity index is 2.51. The van der Waals surface area contributed by atoms with Gasteiger partial charge in [-0.25, -0.2) is 0 Å². The molecule has 1 amide bonds. The molecule has 6 nitrogen and oxygen atoms in total. The Hall–Kier alpha value is -1.92. The molecule has 1 aromatic rings. The maximum Gasteiger partial charge on any atom is 0.322 e. The highest BCUT2D eigenvalue weighted by atomic mass is 35.5. The lowest BCUT2D eigenvalue weighted by atomic mass is 9.66. The Kier molecular flexibility index (Phi) is 4.50. The standard InChI is InChI=1S/C15H13Cl2NO5/c1-15(2)7-4-9(17)8(16)3-6(7)12(21)11(13(15)22)14(23)18-5-10(19)20/h3-4,11H,5H2,1-2H3,(H,18,23)(H,19,20). The molecule has 23 heavy (non-hydrogen) atoms. The highest BCUT2D eigenvalue weighted by Crippen LogP contribution is 2.40. The highest BCUT2D eigenvalue weighted by Gasteiger charge is 2.49. The molecule has 0 radical (unpaired) electrons. The van der Waals surface area contributed by atoms with Gasteiger partial charge in [-0.1, -0.05) is 23.2 Å². The number of rotatable bonds is 3. The number of carboxylic acid groups (broad SMARTS) is 1. The van der Waals surface area contributed by atoms with E-state index < -0.39 is 41.3 Å². The summed E-state index contributed by atoms with van der Waals surface area (Å²) < 4.78 is 0. The quantitative estimate of drug-likeness (QED) is 0.804. The van der Waals surface area contributed by atoms with Crippen LogP contribution in [0.15, 0.2) is 12.1 Å². The molecule has 1 aliphatic carbocycles. The average molecular weight is 358 g/mol. The number of benzene rings is 1. The van der Waals surface area contributed by atoms with Crippen molar-refractivity contribution >= 4 is 46.6 Å². The molecule has 1 aromatic carbocycles. The van der Waals surface area contributed by atoms with Gasteiger partial charge in [0.05, 0.1) is 15.5 Å². The predicted octanol–water partition coefficient (Wildman–Crippen LogP) is 1.85. The van der Waals surface area contributed by atoms with Gasteiger partial charge < -0.3 is 10.4 Å². The molecule has 1 atom stereocenters. The molecular weight excluding hydrogens is 345 g/mol. The zero-order valence-electron chi connectivity index (χ0n) is 12.3. The number of carbonyl (C=O) groups excluding carboxylic acids is 3. The zero-order chi connectivity index (χ0) is 17.5. The van der Waals surface area contributed by atoms with Crippen LogP contribution in [0.1, 0.15) is 29.8 Å². The van der Waals surface area contributed by atoms with Crippen LogP contribution in [0.5, 0.6) is 0 Å². The molecule has 0 heterocycles. The van der Waals surface area contributed by atoms with Crippen LogP contribution in [-0.2, 0) is 19.8 Å². The number of Topliss-reactive ketones (excluding diaryl/α,β-unsaturated/α-hetero) is 2. The van der Waals surface area contributed by atoms with Gasteiger partial charge in [-0.15, -0.1) is 0 Å². The summed E-state index contributed by atoms with van der Waals surface area (Å²) in [4.78, 5) is 47.8. The Labute approximate surface area is 141 Å². The largest absolute Gasteiger partial charge is 0.480 e. The van der Waals surface area contributed by atoms with E-state index in [0.717, 1.165) is 0 Å². The van der Waals surface area contributed by atoms with Crippen LogP contribution >= 0.6 is 23.2 Å². The summed E-state index contributed by atoms with van der Waals surface area (Å²) in [5.74, 6) is -5.15. The van der Waals surface area contributed by atoms with Gasteiger partial charge in [0.1, 0.15) is 6.54 Å². The van der Waals surface area contributed by atoms with E-state index in [1.807, 2.05) is 0 Å². The van der Waals surface area contributed by atoms with Crippen LogP contribution in [0.25, 0.3) is 0 Å². The van der Waals surface area contributed by atoms with Crippen LogP contribution in [-0.4, -0.2) is 35.1 Å². The van der Waals surface area contributed by atoms with Gasteiger partial charge in [0.25, 0.3) is 0 Å². The van der Waals surface area contributed by atoms with Crippen LogP contribution in [0.2, 0.25) is 10.0 Å². The average Bonchev–Trinajstić information content (AvgIpc) is 2.45. The third-order valence-electron chi connectivity index (χ3n) is 3.82. The number of carboxylic acids is 1. The number of hydrogen-bond donors (Lipinski definition) is 2. The molecule has 122 valence electrons. The molecule has 0 bridgehead atoms. The minimum Gasteiger partial charge on any atom is -0.480 e. The number of carbonyl (C=O) groups is 4. The van der Waals surface area contributed by atoms with E-state index in [-0.39, 0.29) is 15.6 Å². The first-order chi connectivity index (χ1) is 10.6. The molecule has 8 heteroatoms. The smallest absolute Gasteiger partial charge is 0.322 e. The number of ketones is 2. The fraction of sp³-hybridized carbons (Fsp3) is 0.333. The van der Waals surface area contributed by atoms with Crippen molar-refractivity contribution in [1.82, 2.24) is 5.32 Å². The van der Waals surface area contributed by atoms with Crippen molar-refractivity contribution in [3.8, 4) is 0 Å². The van der Waals surface area contributed by atoms with Gasteiger partial charge in [0.2, 0.25) is 5.91 Å². The minimum atomic E-state index is -1.60. The van der Waals surface area contributed by atoms with Gasteiger partial charge >= 0.3 is 5.97 Å². The molecule has 0 aromatic heterocycles. The van der Waals surface area contributed by atoms with Crippen LogP contribution in [0.3, 0.4) is 0 Å². The van der Waals surface area contributed by atoms with E-state index in [9.17, 15) is 19.2 Å². The summed E-state index contributed by atoms with van der Waals surface area (Å²) in [5.41, 5.74) is -0.605. The Morgan fingerprint density at radius 3 is 2.35 bits per heavy atom. The van der Waals surface area contributed by atoms with Crippen molar-refractivity contribution in [3.63, 3.8) is 0 Å². The first kappa shape index (κ1) is 17.4. The predicted molar refractivity (Wildman–Crippen MR) is 83.0 cm³/mol. The minimum absolute atomic E-state index is 0.133. The van der Waals surface area contributed by atoms with Crippen molar-refractivity contribution in [2.45, 2.75) is 19.3 Å². The highest BCUT2D eigenvalue weighted by molar-refractivity contribution is 6.42. The van der Waals surface area contributed by atoms with E-state index in [2.05, 4.69) is 5.32 Å². The number of amides is 1. The van der Waals surface area contributed by atoms with E-state index in [1.54, 1.807) is 13.8 Å². The fourth-order valence-corrected chi connectivity index (χ4v) is 2.87. The zero-order valence-corrected chi connectivity index (χ0v) is 13.8. The van der Waals surface area contributed by atoms with Crippen molar-refractivity contribution < 1.29 is 24.3 Å². The van der Waals surface area contributed by atoms with Crippen LogP contribution in [0, 0.1) is 5.92 Å². The van der Waals surface area contributed by atoms with Crippen molar-refractivity contribution in [1.29, 1.82) is 0 Å². The summed E-state index contributed by atoms with van der Waals surface area (Å²) in [5, 5.41) is 11.0. The Morgan fingerprint density at radius 2 is 1.78 bits per heavy atom. The van der Waals surface area contributed by atoms with Gasteiger partial charge in [-0.3, -0.25) is 19.2 Å². The van der Waals surface area contributed by atoms with Crippen molar-refractivity contribution in [3.05, 3.63) is 33.3 Å². The normalized spacial score (nSPS) is 19.2. The molecule has 0 spiro atoms. The summed E-state index contributed by atoms with van der Waals surface area (Å²) in [6, 6.07) is 2.77. The number of fused-ring (bicyclic) bond motifs is 1. The van der Waals surface area contributed by atoms with Gasteiger partial charge in [0.15, 0.2) is 17.5 Å². The molecule has 0 saturated carbocycles. The Bertz CT molecular complexity index is 742. The lowest BCUT2D eigenvalue weighted by molar-refractivity contribution is -0.140. The molecule has 0 saturated heterocycles. The second-order valence-corrected chi connectivity index (χ2v) is 6.52. The monoisotopic (exact) mass is 357 g/mol. The second-order valence-electron chi connectivity index (χ2n) is 5.71. The molecule has 2 N–H and O–H groups in total. The summed E-state index contributed by atoms with van der Waals surface area (Å²) in [6.45, 7) is 2.47. The molecule has 2 rings (SSSR count). The topological polar surface area (TPSA) is 101 Å². The molecule has 0 aliphatic heterocycles. The van der Waals surface area contributed by atoms with Crippen molar-refractivity contribution in [2.24, 2.45) is 5.92 Å². The molecule has 1 unspecified atom stereocenters. The number of hydrogen-bond acceptors (Lipinski definition) is 4. The Morgan fingerprint density at radius 1 is 1.22 bits per heavy atom. The maximum atomic E-state index is 12.6. The maximum absolute atomic E-state index is 12.6. The summed E-state index contributed by atoms with van der Waals surface area (Å²) >= 11 is 11.9. The second kappa shape index (κ2) is 5.94. The number of halogens is 2. The lowest BCUT2D eigenvalue weighted by Crippen LogP contribution is -2.51.